The van der Waals surface area contributed by atoms with E-state index in [1.165, 1.54) is 28.0 Å². The fraction of sp³-hybridized carbons (Fsp3) is 0.333. The van der Waals surface area contributed by atoms with E-state index in [4.69, 9.17) is 9.47 Å². The summed E-state index contributed by atoms with van der Waals surface area (Å²) in [6.45, 7) is 3.63. The van der Waals surface area contributed by atoms with Crippen LogP contribution >= 0.6 is 11.3 Å². The summed E-state index contributed by atoms with van der Waals surface area (Å²) in [7, 11) is 0. The Labute approximate surface area is 150 Å². The van der Waals surface area contributed by atoms with E-state index in [9.17, 15) is 4.79 Å². The minimum atomic E-state index is -0.313. The van der Waals surface area contributed by atoms with Crippen LogP contribution in [0.15, 0.2) is 42.4 Å². The van der Waals surface area contributed by atoms with E-state index in [0.717, 1.165) is 31.7 Å². The quantitative estimate of drug-likeness (QED) is 0.911. The van der Waals surface area contributed by atoms with Gasteiger partial charge in [0.05, 0.1) is 5.69 Å². The molecule has 2 aromatic rings. The van der Waals surface area contributed by atoms with Crippen molar-refractivity contribution in [3.63, 3.8) is 0 Å². The smallest absolute Gasteiger partial charge is 0.295 e. The topological polar surface area (TPSA) is 63.7 Å². The lowest BCUT2D eigenvalue weighted by Crippen LogP contribution is -2.29. The van der Waals surface area contributed by atoms with Crippen molar-refractivity contribution in [1.82, 2.24) is 9.88 Å². The first kappa shape index (κ1) is 16.1. The van der Waals surface area contributed by atoms with E-state index in [1.807, 2.05) is 6.07 Å². The third-order valence-electron chi connectivity index (χ3n) is 4.15. The number of thiazole rings is 1. The fourth-order valence-corrected chi connectivity index (χ4v) is 3.97. The Hall–Kier alpha value is -2.38. The van der Waals surface area contributed by atoms with E-state index < -0.39 is 0 Å². The van der Waals surface area contributed by atoms with Crippen LogP contribution in [-0.2, 0) is 33.8 Å². The van der Waals surface area contributed by atoms with Crippen molar-refractivity contribution in [3.8, 4) is 0 Å². The van der Waals surface area contributed by atoms with Gasteiger partial charge in [0.25, 0.3) is 5.91 Å². The summed E-state index contributed by atoms with van der Waals surface area (Å²) in [5.74, 6) is -0.114. The van der Waals surface area contributed by atoms with Gasteiger partial charge in [0.2, 0.25) is 5.76 Å². The normalized spacial score (nSPS) is 17.0. The summed E-state index contributed by atoms with van der Waals surface area (Å²) in [6.07, 6.45) is 2.25. The third kappa shape index (κ3) is 3.83. The van der Waals surface area contributed by atoms with Gasteiger partial charge in [-0.3, -0.25) is 15.0 Å². The molecule has 0 spiro atoms. The second-order valence-electron chi connectivity index (χ2n) is 5.99. The van der Waals surface area contributed by atoms with Crippen molar-refractivity contribution in [3.05, 3.63) is 58.5 Å². The molecule has 130 valence electrons. The second-order valence-corrected chi connectivity index (χ2v) is 7.07. The Morgan fingerprint density at radius 1 is 1.28 bits per heavy atom. The summed E-state index contributed by atoms with van der Waals surface area (Å²) in [4.78, 5) is 20.3. The number of carbonyl (C=O) groups is 1. The minimum absolute atomic E-state index is 0.199. The van der Waals surface area contributed by atoms with Gasteiger partial charge >= 0.3 is 0 Å². The fourth-order valence-electron chi connectivity index (χ4n) is 2.92. The average Bonchev–Trinajstić information content (AvgIpc) is 3.05. The number of rotatable bonds is 4. The van der Waals surface area contributed by atoms with Crippen LogP contribution in [0.2, 0.25) is 0 Å². The number of aromatic nitrogens is 1. The number of hydrogen-bond donors (Lipinski definition) is 1. The van der Waals surface area contributed by atoms with Crippen molar-refractivity contribution < 1.29 is 14.3 Å². The molecule has 3 heterocycles. The molecule has 6 nitrogen and oxygen atoms in total. The number of carbonyl (C=O) groups excluding carboxylic acids is 1. The zero-order valence-electron chi connectivity index (χ0n) is 13.7. The molecule has 1 aromatic heterocycles. The summed E-state index contributed by atoms with van der Waals surface area (Å²) in [5, 5.41) is 3.43. The lowest BCUT2D eigenvalue weighted by molar-refractivity contribution is -0.117. The lowest BCUT2D eigenvalue weighted by Gasteiger charge is -2.25. The molecule has 25 heavy (non-hydrogen) atoms. The van der Waals surface area contributed by atoms with Crippen LogP contribution in [-0.4, -0.2) is 35.5 Å². The SMILES string of the molecule is O=C(Nc1nc2c(s1)CN(Cc1ccccc1)CC2)C1=COCCO1. The van der Waals surface area contributed by atoms with Gasteiger partial charge < -0.3 is 9.47 Å². The summed E-state index contributed by atoms with van der Waals surface area (Å²) >= 11 is 1.53. The monoisotopic (exact) mass is 357 g/mol. The highest BCUT2D eigenvalue weighted by Crippen LogP contribution is 2.29. The Bertz CT molecular complexity index is 788. The molecule has 4 rings (SSSR count). The number of nitrogens with zero attached hydrogens (tertiary/aromatic N) is 2. The Morgan fingerprint density at radius 3 is 2.96 bits per heavy atom. The molecule has 1 N–H and O–H groups in total. The van der Waals surface area contributed by atoms with Gasteiger partial charge in [0.1, 0.15) is 19.5 Å². The molecule has 0 radical (unpaired) electrons. The van der Waals surface area contributed by atoms with E-state index >= 15 is 0 Å². The van der Waals surface area contributed by atoms with Crippen molar-refractivity contribution >= 4 is 22.4 Å². The molecule has 2 aliphatic rings. The molecule has 0 atom stereocenters. The van der Waals surface area contributed by atoms with Crippen LogP contribution in [0.25, 0.3) is 0 Å². The molecule has 0 fully saturated rings. The van der Waals surface area contributed by atoms with Crippen LogP contribution in [0.1, 0.15) is 16.1 Å². The third-order valence-corrected chi connectivity index (χ3v) is 5.15. The van der Waals surface area contributed by atoms with E-state index in [2.05, 4.69) is 39.5 Å². The van der Waals surface area contributed by atoms with Gasteiger partial charge in [0.15, 0.2) is 5.13 Å². The van der Waals surface area contributed by atoms with E-state index in [-0.39, 0.29) is 11.7 Å². The number of nitrogens with one attached hydrogen (secondary N) is 1. The van der Waals surface area contributed by atoms with Gasteiger partial charge in [-0.25, -0.2) is 4.98 Å². The maximum absolute atomic E-state index is 12.2. The molecular weight excluding hydrogens is 338 g/mol. The number of amides is 1. The predicted octanol–water partition coefficient (Wildman–Crippen LogP) is 2.53. The summed E-state index contributed by atoms with van der Waals surface area (Å²) < 4.78 is 10.4. The molecule has 0 saturated heterocycles. The van der Waals surface area contributed by atoms with Crippen LogP contribution < -0.4 is 5.32 Å². The van der Waals surface area contributed by atoms with Crippen LogP contribution in [0, 0.1) is 0 Å². The molecule has 0 bridgehead atoms. The van der Waals surface area contributed by atoms with Crippen LogP contribution in [0.3, 0.4) is 0 Å². The zero-order chi connectivity index (χ0) is 17.1. The molecule has 0 saturated carbocycles. The van der Waals surface area contributed by atoms with E-state index in [1.54, 1.807) is 0 Å². The Balaban J connectivity index is 1.40. The zero-order valence-corrected chi connectivity index (χ0v) is 14.6. The van der Waals surface area contributed by atoms with Gasteiger partial charge in [-0.05, 0) is 5.56 Å². The second kappa shape index (κ2) is 7.25. The van der Waals surface area contributed by atoms with Gasteiger partial charge in [-0.2, -0.15) is 0 Å². The van der Waals surface area contributed by atoms with Crippen molar-refractivity contribution in [2.45, 2.75) is 19.5 Å². The highest BCUT2D eigenvalue weighted by Gasteiger charge is 2.23. The summed E-state index contributed by atoms with van der Waals surface area (Å²) in [6, 6.07) is 10.5. The highest BCUT2D eigenvalue weighted by molar-refractivity contribution is 7.15. The Kier molecular flexibility index (Phi) is 4.67. The van der Waals surface area contributed by atoms with Crippen LogP contribution in [0.4, 0.5) is 5.13 Å². The highest BCUT2D eigenvalue weighted by atomic mass is 32.1. The van der Waals surface area contributed by atoms with E-state index in [0.29, 0.717) is 18.3 Å². The molecule has 0 unspecified atom stereocenters. The first-order chi connectivity index (χ1) is 12.3. The largest absolute Gasteiger partial charge is 0.494 e. The first-order valence-electron chi connectivity index (χ1n) is 8.29. The number of ether oxygens (including phenoxy) is 2. The maximum atomic E-state index is 12.2. The van der Waals surface area contributed by atoms with Crippen molar-refractivity contribution in [1.29, 1.82) is 0 Å². The molecular formula is C18H19N3O3S. The minimum Gasteiger partial charge on any atom is -0.494 e. The van der Waals surface area contributed by atoms with Gasteiger partial charge in [0, 0.05) is 30.9 Å². The average molecular weight is 357 g/mol. The number of fused-ring (bicyclic) bond motifs is 1. The van der Waals surface area contributed by atoms with Gasteiger partial charge in [-0.15, -0.1) is 11.3 Å². The van der Waals surface area contributed by atoms with Crippen LogP contribution in [0.5, 0.6) is 0 Å². The maximum Gasteiger partial charge on any atom is 0.295 e. The molecule has 1 aromatic carbocycles. The van der Waals surface area contributed by atoms with Crippen molar-refractivity contribution in [2.75, 3.05) is 25.1 Å². The first-order valence-corrected chi connectivity index (χ1v) is 9.10. The molecule has 1 amide bonds. The lowest BCUT2D eigenvalue weighted by atomic mass is 10.1. The van der Waals surface area contributed by atoms with Crippen molar-refractivity contribution in [2.24, 2.45) is 0 Å². The number of anilines is 1. The molecule has 0 aliphatic carbocycles. The number of benzene rings is 1. The van der Waals surface area contributed by atoms with Gasteiger partial charge in [-0.1, -0.05) is 30.3 Å². The number of hydrogen-bond acceptors (Lipinski definition) is 6. The summed E-state index contributed by atoms with van der Waals surface area (Å²) in [5.41, 5.74) is 2.39. The standard InChI is InChI=1S/C18H19N3O3S/c22-17(15-12-23-8-9-24-15)20-18-19-14-6-7-21(11-16(14)25-18)10-13-4-2-1-3-5-13/h1-5,12H,6-11H2,(H,19,20,22). The Morgan fingerprint density at radius 2 is 2.16 bits per heavy atom. The predicted molar refractivity (Wildman–Crippen MR) is 95.0 cm³/mol. The molecule has 2 aliphatic heterocycles. The molecule has 7 heteroatoms.